The van der Waals surface area contributed by atoms with Crippen molar-refractivity contribution in [2.75, 3.05) is 13.6 Å². The van der Waals surface area contributed by atoms with E-state index in [1.807, 2.05) is 0 Å². The van der Waals surface area contributed by atoms with E-state index >= 15 is 0 Å². The summed E-state index contributed by atoms with van der Waals surface area (Å²) >= 11 is 1.12. The fourth-order valence-corrected chi connectivity index (χ4v) is 2.42. The van der Waals surface area contributed by atoms with Crippen LogP contribution in [0.1, 0.15) is 5.01 Å². The van der Waals surface area contributed by atoms with Crippen molar-refractivity contribution in [3.63, 3.8) is 0 Å². The van der Waals surface area contributed by atoms with Crippen LogP contribution in [0.25, 0.3) is 10.6 Å². The van der Waals surface area contributed by atoms with Crippen molar-refractivity contribution in [1.29, 1.82) is 0 Å². The van der Waals surface area contributed by atoms with Gasteiger partial charge in [-0.05, 0) is 13.1 Å². The van der Waals surface area contributed by atoms with Gasteiger partial charge in [0.1, 0.15) is 5.01 Å². The maximum absolute atomic E-state index is 13.3. The molecule has 1 N–H and O–H groups in total. The van der Waals surface area contributed by atoms with E-state index in [4.69, 9.17) is 0 Å². The molecule has 0 saturated carbocycles. The van der Waals surface area contributed by atoms with Gasteiger partial charge in [-0.15, -0.1) is 10.2 Å². The van der Waals surface area contributed by atoms with Crippen molar-refractivity contribution in [3.05, 3.63) is 38.9 Å². The summed E-state index contributed by atoms with van der Waals surface area (Å²) in [4.78, 5) is 10.1. The molecule has 0 radical (unpaired) electrons. The summed E-state index contributed by atoms with van der Waals surface area (Å²) < 4.78 is 26.4. The molecule has 0 aliphatic carbocycles. The first-order valence-electron chi connectivity index (χ1n) is 5.63. The molecule has 0 fully saturated rings. The zero-order valence-corrected chi connectivity index (χ0v) is 11.2. The highest BCUT2D eigenvalue weighted by atomic mass is 32.1. The minimum atomic E-state index is -1.26. The summed E-state index contributed by atoms with van der Waals surface area (Å²) in [5, 5.41) is 22.4. The molecule has 1 aromatic heterocycles. The van der Waals surface area contributed by atoms with E-state index in [2.05, 4.69) is 15.5 Å². The molecule has 20 heavy (non-hydrogen) atoms. The number of nitrogens with one attached hydrogen (secondary N) is 1. The van der Waals surface area contributed by atoms with Gasteiger partial charge in [-0.3, -0.25) is 10.1 Å². The van der Waals surface area contributed by atoms with Crippen molar-refractivity contribution in [2.24, 2.45) is 0 Å². The van der Waals surface area contributed by atoms with Crippen LogP contribution in [-0.4, -0.2) is 28.7 Å². The molecule has 0 aliphatic heterocycles. The van der Waals surface area contributed by atoms with Gasteiger partial charge in [0, 0.05) is 13.0 Å². The number of nitro groups is 1. The van der Waals surface area contributed by atoms with Crippen LogP contribution < -0.4 is 5.32 Å². The predicted molar refractivity (Wildman–Crippen MR) is 69.5 cm³/mol. The molecular formula is C11H10F2N4O2S. The van der Waals surface area contributed by atoms with Crippen LogP contribution in [0.5, 0.6) is 0 Å². The molecule has 6 nitrogen and oxygen atoms in total. The lowest BCUT2D eigenvalue weighted by atomic mass is 10.2. The summed E-state index contributed by atoms with van der Waals surface area (Å²) in [6.07, 6.45) is 0.603. The first-order valence-corrected chi connectivity index (χ1v) is 6.45. The van der Waals surface area contributed by atoms with E-state index in [1.54, 1.807) is 7.05 Å². The molecule has 0 amide bonds. The molecule has 0 atom stereocenters. The fourth-order valence-electron chi connectivity index (χ4n) is 1.55. The van der Waals surface area contributed by atoms with Crippen LogP contribution in [0.3, 0.4) is 0 Å². The van der Waals surface area contributed by atoms with Crippen molar-refractivity contribution < 1.29 is 13.7 Å². The monoisotopic (exact) mass is 300 g/mol. The minimum absolute atomic E-state index is 0.0675. The van der Waals surface area contributed by atoms with Gasteiger partial charge in [-0.1, -0.05) is 11.3 Å². The third-order valence-corrected chi connectivity index (χ3v) is 3.54. The molecule has 0 saturated heterocycles. The molecule has 0 unspecified atom stereocenters. The van der Waals surface area contributed by atoms with E-state index in [1.165, 1.54) is 0 Å². The van der Waals surface area contributed by atoms with Crippen LogP contribution in [0.15, 0.2) is 12.1 Å². The zero-order valence-electron chi connectivity index (χ0n) is 10.4. The Labute approximate surface area is 116 Å². The van der Waals surface area contributed by atoms with Gasteiger partial charge in [0.15, 0.2) is 16.6 Å². The summed E-state index contributed by atoms with van der Waals surface area (Å²) in [6, 6.07) is 1.33. The van der Waals surface area contributed by atoms with Gasteiger partial charge in [-0.25, -0.2) is 8.78 Å². The van der Waals surface area contributed by atoms with Gasteiger partial charge in [0.05, 0.1) is 16.6 Å². The Kier molecular flexibility index (Phi) is 4.30. The molecule has 1 heterocycles. The van der Waals surface area contributed by atoms with Crippen LogP contribution in [0.4, 0.5) is 14.5 Å². The largest absolute Gasteiger partial charge is 0.319 e. The maximum atomic E-state index is 13.3. The van der Waals surface area contributed by atoms with Crippen molar-refractivity contribution in [3.8, 4) is 10.6 Å². The van der Waals surface area contributed by atoms with Gasteiger partial charge < -0.3 is 5.32 Å². The number of rotatable bonds is 5. The normalized spacial score (nSPS) is 10.8. The number of likely N-dealkylation sites (N-methyl/N-ethyl adjacent to an activating group) is 1. The van der Waals surface area contributed by atoms with Crippen LogP contribution >= 0.6 is 11.3 Å². The quantitative estimate of drug-likeness (QED) is 0.676. The Hall–Kier alpha value is -2.00. The number of hydrogen-bond acceptors (Lipinski definition) is 6. The Balaban J connectivity index is 2.43. The lowest BCUT2D eigenvalue weighted by Crippen LogP contribution is -2.09. The number of nitro benzene ring substituents is 1. The Morgan fingerprint density at radius 1 is 1.35 bits per heavy atom. The lowest BCUT2D eigenvalue weighted by Gasteiger charge is -2.00. The Bertz CT molecular complexity index is 647. The molecule has 106 valence electrons. The van der Waals surface area contributed by atoms with Crippen LogP contribution in [-0.2, 0) is 6.42 Å². The number of benzene rings is 1. The highest BCUT2D eigenvalue weighted by Crippen LogP contribution is 2.33. The van der Waals surface area contributed by atoms with Gasteiger partial charge in [0.2, 0.25) is 0 Å². The summed E-state index contributed by atoms with van der Waals surface area (Å²) in [7, 11) is 1.78. The van der Waals surface area contributed by atoms with E-state index in [0.717, 1.165) is 17.4 Å². The van der Waals surface area contributed by atoms with Crippen molar-refractivity contribution >= 4 is 17.0 Å². The summed E-state index contributed by atoms with van der Waals surface area (Å²) in [5.41, 5.74) is -0.595. The molecule has 1 aromatic carbocycles. The minimum Gasteiger partial charge on any atom is -0.319 e. The van der Waals surface area contributed by atoms with Gasteiger partial charge in [0.25, 0.3) is 5.69 Å². The average Bonchev–Trinajstić information content (AvgIpc) is 2.87. The van der Waals surface area contributed by atoms with Crippen LogP contribution in [0, 0.1) is 21.7 Å². The second-order valence-electron chi connectivity index (χ2n) is 3.90. The second kappa shape index (κ2) is 5.97. The van der Waals surface area contributed by atoms with E-state index in [-0.39, 0.29) is 10.6 Å². The van der Waals surface area contributed by atoms with Crippen LogP contribution in [0.2, 0.25) is 0 Å². The van der Waals surface area contributed by atoms with Crippen molar-refractivity contribution in [1.82, 2.24) is 15.5 Å². The molecule has 0 spiro atoms. The number of hydrogen-bond donors (Lipinski definition) is 1. The second-order valence-corrected chi connectivity index (χ2v) is 4.96. The first-order chi connectivity index (χ1) is 9.52. The zero-order chi connectivity index (χ0) is 14.7. The molecule has 9 heteroatoms. The lowest BCUT2D eigenvalue weighted by molar-refractivity contribution is -0.384. The summed E-state index contributed by atoms with van der Waals surface area (Å²) in [6.45, 7) is 0.675. The molecule has 0 bridgehead atoms. The fraction of sp³-hybridized carbons (Fsp3) is 0.273. The third kappa shape index (κ3) is 2.94. The highest BCUT2D eigenvalue weighted by Gasteiger charge is 2.22. The SMILES string of the molecule is CNCCc1nnc(-c2cc(F)c(F)cc2[N+](=O)[O-])s1. The third-order valence-electron chi connectivity index (χ3n) is 2.52. The van der Waals surface area contributed by atoms with Gasteiger partial charge >= 0.3 is 0 Å². The molecule has 0 aliphatic rings. The number of nitrogens with zero attached hydrogens (tertiary/aromatic N) is 3. The number of aromatic nitrogens is 2. The number of halogens is 2. The predicted octanol–water partition coefficient (Wildman–Crippen LogP) is 2.15. The smallest absolute Gasteiger partial charge is 0.282 e. The first kappa shape index (κ1) is 14.4. The Morgan fingerprint density at radius 3 is 2.70 bits per heavy atom. The van der Waals surface area contributed by atoms with E-state index in [0.29, 0.717) is 24.0 Å². The van der Waals surface area contributed by atoms with E-state index < -0.39 is 22.2 Å². The molecular weight excluding hydrogens is 290 g/mol. The topological polar surface area (TPSA) is 81.0 Å². The van der Waals surface area contributed by atoms with Gasteiger partial charge in [-0.2, -0.15) is 0 Å². The van der Waals surface area contributed by atoms with Crippen molar-refractivity contribution in [2.45, 2.75) is 6.42 Å². The van der Waals surface area contributed by atoms with E-state index in [9.17, 15) is 18.9 Å². The highest BCUT2D eigenvalue weighted by molar-refractivity contribution is 7.14. The maximum Gasteiger partial charge on any atom is 0.282 e. The molecule has 2 rings (SSSR count). The molecule has 2 aromatic rings. The Morgan fingerprint density at radius 2 is 2.05 bits per heavy atom. The summed E-state index contributed by atoms with van der Waals surface area (Å²) in [5.74, 6) is -2.42. The standard InChI is InChI=1S/C11H10F2N4O2S/c1-14-3-2-10-15-16-11(20-10)6-4-7(12)8(13)5-9(6)17(18)19/h4-5,14H,2-3H2,1H3. The average molecular weight is 300 g/mol.